The number of carbonyl (C=O) groups excluding carboxylic acids is 1. The Hall–Kier alpha value is -1.00. The maximum atomic E-state index is 12.1. The topological polar surface area (TPSA) is 46.1 Å². The molecular weight excluding hydrogens is 262 g/mol. The van der Waals surface area contributed by atoms with Crippen molar-refractivity contribution in [3.05, 3.63) is 23.5 Å². The number of halogens is 1. The van der Waals surface area contributed by atoms with Crippen LogP contribution >= 0.6 is 12.4 Å². The zero-order chi connectivity index (χ0) is 13.2. The summed E-state index contributed by atoms with van der Waals surface area (Å²) in [5, 5.41) is 6.46. The summed E-state index contributed by atoms with van der Waals surface area (Å²) in [6, 6.07) is 3.85. The number of nitrogens with zero attached hydrogens (tertiary/aromatic N) is 1. The molecule has 0 radical (unpaired) electrons. The van der Waals surface area contributed by atoms with Crippen LogP contribution in [0.3, 0.4) is 0 Å². The van der Waals surface area contributed by atoms with Gasteiger partial charge in [0.05, 0.1) is 0 Å². The lowest BCUT2D eigenvalue weighted by atomic mass is 9.83. The van der Waals surface area contributed by atoms with E-state index in [9.17, 15) is 4.79 Å². The van der Waals surface area contributed by atoms with Crippen LogP contribution in [0.25, 0.3) is 0 Å². The van der Waals surface area contributed by atoms with Gasteiger partial charge in [0, 0.05) is 25.8 Å². The van der Waals surface area contributed by atoms with E-state index >= 15 is 0 Å². The molecule has 108 valence electrons. The van der Waals surface area contributed by atoms with Gasteiger partial charge >= 0.3 is 0 Å². The van der Waals surface area contributed by atoms with Crippen molar-refractivity contribution >= 4 is 18.3 Å². The summed E-state index contributed by atoms with van der Waals surface area (Å²) in [5.41, 5.74) is 2.03. The first-order valence-corrected chi connectivity index (χ1v) is 6.63. The molecule has 0 spiro atoms. The van der Waals surface area contributed by atoms with Gasteiger partial charge in [0.2, 0.25) is 0 Å². The molecule has 4 nitrogen and oxygen atoms in total. The van der Waals surface area contributed by atoms with Crippen LogP contribution in [-0.4, -0.2) is 30.1 Å². The number of hydrogen-bond donors (Lipinski definition) is 2. The third-order valence-electron chi connectivity index (χ3n) is 3.97. The molecule has 1 unspecified atom stereocenters. The first-order valence-electron chi connectivity index (χ1n) is 6.63. The highest BCUT2D eigenvalue weighted by Crippen LogP contribution is 2.24. The van der Waals surface area contributed by atoms with Crippen molar-refractivity contribution in [2.45, 2.75) is 26.7 Å². The highest BCUT2D eigenvalue weighted by Gasteiger charge is 2.27. The first-order chi connectivity index (χ1) is 8.52. The van der Waals surface area contributed by atoms with Crippen LogP contribution in [0.15, 0.2) is 12.1 Å². The number of amides is 1. The van der Waals surface area contributed by atoms with Crippen LogP contribution in [0.4, 0.5) is 0 Å². The minimum atomic E-state index is 0. The lowest BCUT2D eigenvalue weighted by Crippen LogP contribution is -2.45. The van der Waals surface area contributed by atoms with Gasteiger partial charge in [0.1, 0.15) is 5.69 Å². The Morgan fingerprint density at radius 3 is 2.79 bits per heavy atom. The minimum absolute atomic E-state index is 0. The summed E-state index contributed by atoms with van der Waals surface area (Å²) in [7, 11) is 1.92. The van der Waals surface area contributed by atoms with E-state index in [2.05, 4.69) is 17.6 Å². The Bertz CT molecular complexity index is 436. The van der Waals surface area contributed by atoms with Gasteiger partial charge in [-0.25, -0.2) is 0 Å². The number of aromatic nitrogens is 1. The molecule has 0 aliphatic carbocycles. The maximum absolute atomic E-state index is 12.1. The van der Waals surface area contributed by atoms with Crippen LogP contribution < -0.4 is 10.6 Å². The molecule has 19 heavy (non-hydrogen) atoms. The summed E-state index contributed by atoms with van der Waals surface area (Å²) in [4.78, 5) is 12.1. The standard InChI is InChI=1S/C14H23N3O.ClH/c1-11-5-6-12(17(11)3)13(18)16-10-14(2)7-4-8-15-9-14;/h5-6,15H,4,7-10H2,1-3H3,(H,16,18);1H. The molecule has 0 bridgehead atoms. The predicted molar refractivity (Wildman–Crippen MR) is 79.9 cm³/mol. The van der Waals surface area contributed by atoms with Crippen molar-refractivity contribution in [3.8, 4) is 0 Å². The Kier molecular flexibility index (Phi) is 5.44. The van der Waals surface area contributed by atoms with E-state index in [0.29, 0.717) is 0 Å². The van der Waals surface area contributed by atoms with E-state index < -0.39 is 0 Å². The second kappa shape index (κ2) is 6.44. The average molecular weight is 286 g/mol. The van der Waals surface area contributed by atoms with Crippen LogP contribution in [-0.2, 0) is 7.05 Å². The summed E-state index contributed by atoms with van der Waals surface area (Å²) in [5.74, 6) is 0.0254. The number of rotatable bonds is 3. The SMILES string of the molecule is Cc1ccc(C(=O)NCC2(C)CCCNC2)n1C.Cl. The highest BCUT2D eigenvalue weighted by atomic mass is 35.5. The molecular formula is C14H24ClN3O. The smallest absolute Gasteiger partial charge is 0.267 e. The lowest BCUT2D eigenvalue weighted by molar-refractivity contribution is 0.0916. The predicted octanol–water partition coefficient (Wildman–Crippen LogP) is 1.87. The summed E-state index contributed by atoms with van der Waals surface area (Å²) in [6.45, 7) is 7.06. The summed E-state index contributed by atoms with van der Waals surface area (Å²) in [6.07, 6.45) is 2.36. The quantitative estimate of drug-likeness (QED) is 0.891. The third-order valence-corrected chi connectivity index (χ3v) is 3.97. The van der Waals surface area contributed by atoms with E-state index in [-0.39, 0.29) is 23.7 Å². The van der Waals surface area contributed by atoms with Gasteiger partial charge in [-0.1, -0.05) is 6.92 Å². The Balaban J connectivity index is 0.00000180. The van der Waals surface area contributed by atoms with E-state index in [4.69, 9.17) is 0 Å². The van der Waals surface area contributed by atoms with Gasteiger partial charge in [-0.2, -0.15) is 0 Å². The van der Waals surface area contributed by atoms with Crippen molar-refractivity contribution in [1.82, 2.24) is 15.2 Å². The van der Waals surface area contributed by atoms with Gasteiger partial charge in [0.25, 0.3) is 5.91 Å². The Labute approximate surface area is 121 Å². The molecule has 2 N–H and O–H groups in total. The van der Waals surface area contributed by atoms with Crippen molar-refractivity contribution in [2.75, 3.05) is 19.6 Å². The molecule has 1 aromatic rings. The van der Waals surface area contributed by atoms with Gasteiger partial charge in [-0.3, -0.25) is 4.79 Å². The fourth-order valence-electron chi connectivity index (χ4n) is 2.49. The normalized spacial score (nSPS) is 22.7. The van der Waals surface area contributed by atoms with E-state index in [1.807, 2.05) is 30.7 Å². The zero-order valence-electron chi connectivity index (χ0n) is 12.0. The largest absolute Gasteiger partial charge is 0.350 e. The molecule has 0 saturated carbocycles. The van der Waals surface area contributed by atoms with Gasteiger partial charge in [0.15, 0.2) is 0 Å². The van der Waals surface area contributed by atoms with Crippen LogP contribution in [0.1, 0.15) is 35.9 Å². The third kappa shape index (κ3) is 3.74. The molecule has 5 heteroatoms. The molecule has 1 aliphatic heterocycles. The Morgan fingerprint density at radius 2 is 2.26 bits per heavy atom. The van der Waals surface area contributed by atoms with E-state index in [0.717, 1.165) is 31.0 Å². The fraction of sp³-hybridized carbons (Fsp3) is 0.643. The second-order valence-electron chi connectivity index (χ2n) is 5.69. The molecule has 1 saturated heterocycles. The van der Waals surface area contributed by atoms with Gasteiger partial charge < -0.3 is 15.2 Å². The highest BCUT2D eigenvalue weighted by molar-refractivity contribution is 5.92. The molecule has 2 rings (SSSR count). The van der Waals surface area contributed by atoms with Crippen LogP contribution in [0.5, 0.6) is 0 Å². The van der Waals surface area contributed by atoms with Crippen molar-refractivity contribution in [3.63, 3.8) is 0 Å². The van der Waals surface area contributed by atoms with Crippen LogP contribution in [0.2, 0.25) is 0 Å². The average Bonchev–Trinajstić information content (AvgIpc) is 2.68. The summed E-state index contributed by atoms with van der Waals surface area (Å²) < 4.78 is 1.93. The Morgan fingerprint density at radius 1 is 1.53 bits per heavy atom. The molecule has 0 aromatic carbocycles. The molecule has 1 aliphatic rings. The lowest BCUT2D eigenvalue weighted by Gasteiger charge is -2.34. The minimum Gasteiger partial charge on any atom is -0.350 e. The number of piperidine rings is 1. The molecule has 1 fully saturated rings. The summed E-state index contributed by atoms with van der Waals surface area (Å²) >= 11 is 0. The fourth-order valence-corrected chi connectivity index (χ4v) is 2.49. The molecule has 2 heterocycles. The van der Waals surface area contributed by atoms with Crippen LogP contribution in [0, 0.1) is 12.3 Å². The van der Waals surface area contributed by atoms with Gasteiger partial charge in [-0.15, -0.1) is 12.4 Å². The number of carbonyl (C=O) groups is 1. The van der Waals surface area contributed by atoms with Gasteiger partial charge in [-0.05, 0) is 43.9 Å². The maximum Gasteiger partial charge on any atom is 0.267 e. The van der Waals surface area contributed by atoms with E-state index in [1.54, 1.807) is 0 Å². The molecule has 1 atom stereocenters. The van der Waals surface area contributed by atoms with Crippen molar-refractivity contribution in [2.24, 2.45) is 12.5 Å². The second-order valence-corrected chi connectivity index (χ2v) is 5.69. The number of aryl methyl sites for hydroxylation is 1. The van der Waals surface area contributed by atoms with Crippen molar-refractivity contribution in [1.29, 1.82) is 0 Å². The molecule has 1 aromatic heterocycles. The zero-order valence-corrected chi connectivity index (χ0v) is 12.8. The first kappa shape index (κ1) is 16.1. The van der Waals surface area contributed by atoms with E-state index in [1.165, 1.54) is 12.8 Å². The monoisotopic (exact) mass is 285 g/mol. The molecule has 1 amide bonds. The number of hydrogen-bond acceptors (Lipinski definition) is 2. The number of nitrogens with one attached hydrogen (secondary N) is 2. The van der Waals surface area contributed by atoms with Crippen molar-refractivity contribution < 1.29 is 4.79 Å².